The Balaban J connectivity index is 2.82. The Morgan fingerprint density at radius 3 is 2.81 bits per heavy atom. The summed E-state index contributed by atoms with van der Waals surface area (Å²) in [5, 5.41) is 1.50. The van der Waals surface area contributed by atoms with Gasteiger partial charge in [-0.1, -0.05) is 30.3 Å². The van der Waals surface area contributed by atoms with Gasteiger partial charge in [-0.15, -0.1) is 0 Å². The molecule has 1 aromatic heterocycles. The van der Waals surface area contributed by atoms with E-state index in [9.17, 15) is 0 Å². The van der Waals surface area contributed by atoms with Crippen molar-refractivity contribution in [3.63, 3.8) is 0 Å². The zero-order valence-corrected chi connectivity index (χ0v) is 11.3. The summed E-state index contributed by atoms with van der Waals surface area (Å²) in [5.41, 5.74) is 0.994. The van der Waals surface area contributed by atoms with E-state index in [2.05, 4.69) is 16.9 Å². The average Bonchev–Trinajstić information content (AvgIpc) is 2.30. The maximum atomic E-state index is 5.75. The molecule has 0 atom stereocenters. The molecule has 0 bridgehead atoms. The molecular formula is C11H16ClN3S. The number of thioether (sulfide) groups is 1. The van der Waals surface area contributed by atoms with Gasteiger partial charge in [-0.05, 0) is 24.8 Å². The van der Waals surface area contributed by atoms with Crippen molar-refractivity contribution in [3.05, 3.63) is 23.5 Å². The number of aromatic nitrogens is 1. The van der Waals surface area contributed by atoms with Crippen LogP contribution in [0.2, 0.25) is 5.15 Å². The van der Waals surface area contributed by atoms with Crippen molar-refractivity contribution >= 4 is 34.2 Å². The average molecular weight is 258 g/mol. The van der Waals surface area contributed by atoms with Gasteiger partial charge in [0.2, 0.25) is 0 Å². The number of pyridine rings is 1. The number of aliphatic imine (C=N–C) groups is 1. The van der Waals surface area contributed by atoms with Crippen molar-refractivity contribution in [1.29, 1.82) is 0 Å². The second kappa shape index (κ2) is 6.76. The molecule has 88 valence electrons. The van der Waals surface area contributed by atoms with Crippen LogP contribution in [0, 0.1) is 0 Å². The Hall–Kier alpha value is -0.740. The van der Waals surface area contributed by atoms with Gasteiger partial charge < -0.3 is 4.90 Å². The van der Waals surface area contributed by atoms with Crippen LogP contribution in [0.4, 0.5) is 5.69 Å². The minimum atomic E-state index is 0.508. The molecule has 1 rings (SSSR count). The lowest BCUT2D eigenvalue weighted by molar-refractivity contribution is 0.930. The predicted molar refractivity (Wildman–Crippen MR) is 73.8 cm³/mol. The van der Waals surface area contributed by atoms with Crippen LogP contribution in [-0.2, 0) is 0 Å². The molecule has 1 aromatic rings. The van der Waals surface area contributed by atoms with E-state index in [1.807, 2.05) is 24.3 Å². The summed E-state index contributed by atoms with van der Waals surface area (Å²) >= 11 is 7.38. The summed E-state index contributed by atoms with van der Waals surface area (Å²) in [4.78, 5) is 10.6. The molecular weight excluding hydrogens is 242 g/mol. The number of halogens is 1. The number of anilines is 1. The van der Waals surface area contributed by atoms with Crippen LogP contribution in [0.15, 0.2) is 23.3 Å². The fourth-order valence-corrected chi connectivity index (χ4v) is 1.90. The Bertz CT molecular complexity index is 351. The van der Waals surface area contributed by atoms with Gasteiger partial charge in [0.05, 0.1) is 11.9 Å². The molecule has 0 aliphatic heterocycles. The molecule has 0 radical (unpaired) electrons. The maximum absolute atomic E-state index is 5.75. The summed E-state index contributed by atoms with van der Waals surface area (Å²) < 4.78 is 0. The second-order valence-corrected chi connectivity index (χ2v) is 4.43. The molecule has 0 saturated heterocycles. The van der Waals surface area contributed by atoms with Crippen LogP contribution in [0.5, 0.6) is 0 Å². The molecule has 0 unspecified atom stereocenters. The van der Waals surface area contributed by atoms with Gasteiger partial charge >= 0.3 is 0 Å². The first kappa shape index (κ1) is 13.3. The normalized spacial score (nSPS) is 11.6. The first-order valence-corrected chi connectivity index (χ1v) is 6.73. The third kappa shape index (κ3) is 3.68. The molecule has 0 amide bonds. The fraction of sp³-hybridized carbons (Fsp3) is 0.455. The number of rotatable bonds is 3. The van der Waals surface area contributed by atoms with Gasteiger partial charge in [-0.3, -0.25) is 4.99 Å². The predicted octanol–water partition coefficient (Wildman–Crippen LogP) is 3.30. The first-order chi connectivity index (χ1) is 7.69. The Morgan fingerprint density at radius 2 is 2.31 bits per heavy atom. The Morgan fingerprint density at radius 1 is 1.56 bits per heavy atom. The fourth-order valence-electron chi connectivity index (χ4n) is 1.19. The molecule has 0 aliphatic rings. The van der Waals surface area contributed by atoms with E-state index in [1.165, 1.54) is 0 Å². The van der Waals surface area contributed by atoms with Gasteiger partial charge in [-0.25, -0.2) is 4.98 Å². The van der Waals surface area contributed by atoms with Crippen molar-refractivity contribution in [3.8, 4) is 0 Å². The summed E-state index contributed by atoms with van der Waals surface area (Å²) in [6.07, 6.45) is 4.82. The highest BCUT2D eigenvalue weighted by Crippen LogP contribution is 2.17. The van der Waals surface area contributed by atoms with Gasteiger partial charge in [0.1, 0.15) is 5.15 Å². The first-order valence-electron chi connectivity index (χ1n) is 5.12. The van der Waals surface area contributed by atoms with Crippen LogP contribution < -0.4 is 4.90 Å². The highest BCUT2D eigenvalue weighted by molar-refractivity contribution is 8.13. The van der Waals surface area contributed by atoms with Gasteiger partial charge in [0.15, 0.2) is 5.17 Å². The molecule has 0 aromatic carbocycles. The van der Waals surface area contributed by atoms with Crippen molar-refractivity contribution < 1.29 is 0 Å². The molecule has 3 nitrogen and oxygen atoms in total. The summed E-state index contributed by atoms with van der Waals surface area (Å²) in [6.45, 7) is 2.97. The second-order valence-electron chi connectivity index (χ2n) is 3.27. The zero-order chi connectivity index (χ0) is 12.0. The highest BCUT2D eigenvalue weighted by atomic mass is 35.5. The third-order valence-electron chi connectivity index (χ3n) is 2.04. The number of amidine groups is 1. The minimum absolute atomic E-state index is 0.508. The molecule has 1 heterocycles. The molecule has 0 N–H and O–H groups in total. The Labute approximate surface area is 106 Å². The lowest BCUT2D eigenvalue weighted by atomic mass is 10.4. The topological polar surface area (TPSA) is 28.5 Å². The van der Waals surface area contributed by atoms with Crippen LogP contribution >= 0.6 is 23.4 Å². The van der Waals surface area contributed by atoms with Crippen LogP contribution in [0.25, 0.3) is 0 Å². The van der Waals surface area contributed by atoms with Gasteiger partial charge in [0.25, 0.3) is 0 Å². The summed E-state index contributed by atoms with van der Waals surface area (Å²) in [7, 11) is 1.98. The standard InChI is InChI=1S/C11H16ClN3S/c1-4-7-13-11(16-3)15(2)9-5-6-10(12)14-8-9/h5-6,8H,4,7H2,1-3H3/b13-11-. The van der Waals surface area contributed by atoms with E-state index < -0.39 is 0 Å². The molecule has 0 fully saturated rings. The summed E-state index contributed by atoms with van der Waals surface area (Å²) in [5.74, 6) is 0. The van der Waals surface area contributed by atoms with E-state index in [-0.39, 0.29) is 0 Å². The van der Waals surface area contributed by atoms with Crippen LogP contribution in [-0.4, -0.2) is 30.0 Å². The molecule has 0 saturated carbocycles. The van der Waals surface area contributed by atoms with E-state index in [0.717, 1.165) is 23.8 Å². The zero-order valence-electron chi connectivity index (χ0n) is 9.77. The van der Waals surface area contributed by atoms with Crippen molar-refractivity contribution in [2.75, 3.05) is 24.7 Å². The van der Waals surface area contributed by atoms with Crippen molar-refractivity contribution in [2.45, 2.75) is 13.3 Å². The lowest BCUT2D eigenvalue weighted by Gasteiger charge is -2.19. The maximum Gasteiger partial charge on any atom is 0.163 e. The molecule has 0 spiro atoms. The number of hydrogen-bond acceptors (Lipinski definition) is 3. The summed E-state index contributed by atoms with van der Waals surface area (Å²) in [6, 6.07) is 3.72. The molecule has 0 aliphatic carbocycles. The smallest absolute Gasteiger partial charge is 0.163 e. The van der Waals surface area contributed by atoms with E-state index >= 15 is 0 Å². The Kier molecular flexibility index (Phi) is 5.63. The third-order valence-corrected chi connectivity index (χ3v) is 3.03. The van der Waals surface area contributed by atoms with Crippen LogP contribution in [0.1, 0.15) is 13.3 Å². The van der Waals surface area contributed by atoms with Crippen LogP contribution in [0.3, 0.4) is 0 Å². The minimum Gasteiger partial charge on any atom is -0.323 e. The number of nitrogens with zero attached hydrogens (tertiary/aromatic N) is 3. The number of hydrogen-bond donors (Lipinski definition) is 0. The highest BCUT2D eigenvalue weighted by Gasteiger charge is 2.07. The molecule has 5 heteroatoms. The lowest BCUT2D eigenvalue weighted by Crippen LogP contribution is -2.23. The SMILES string of the molecule is CCC/N=C(\SC)N(C)c1ccc(Cl)nc1. The van der Waals surface area contributed by atoms with Crippen molar-refractivity contribution in [2.24, 2.45) is 4.99 Å². The van der Waals surface area contributed by atoms with Crippen molar-refractivity contribution in [1.82, 2.24) is 4.98 Å². The quantitative estimate of drug-likeness (QED) is 0.473. The van der Waals surface area contributed by atoms with E-state index in [4.69, 9.17) is 11.6 Å². The largest absolute Gasteiger partial charge is 0.323 e. The van der Waals surface area contributed by atoms with E-state index in [0.29, 0.717) is 5.15 Å². The van der Waals surface area contributed by atoms with E-state index in [1.54, 1.807) is 24.0 Å². The van der Waals surface area contributed by atoms with Gasteiger partial charge in [0, 0.05) is 13.6 Å². The molecule has 16 heavy (non-hydrogen) atoms. The monoisotopic (exact) mass is 257 g/mol. The van der Waals surface area contributed by atoms with Gasteiger partial charge in [-0.2, -0.15) is 0 Å².